The molecule has 0 aliphatic heterocycles. The molecule has 1 aromatic rings. The number of benzene rings is 1. The molecular weight excluding hydrogens is 250 g/mol. The van der Waals surface area contributed by atoms with E-state index in [4.69, 9.17) is 16.7 Å². The maximum Gasteiger partial charge on any atom is 0.335 e. The van der Waals surface area contributed by atoms with Crippen LogP contribution in [0.25, 0.3) is 0 Å². The van der Waals surface area contributed by atoms with Gasteiger partial charge in [-0.15, -0.1) is 0 Å². The third-order valence-electron chi connectivity index (χ3n) is 3.11. The fourth-order valence-corrected chi connectivity index (χ4v) is 2.36. The average molecular weight is 266 g/mol. The van der Waals surface area contributed by atoms with Gasteiger partial charge in [0, 0.05) is 6.54 Å². The van der Waals surface area contributed by atoms with Crippen LogP contribution in [-0.4, -0.2) is 17.6 Å². The van der Waals surface area contributed by atoms with Crippen molar-refractivity contribution >= 4 is 23.3 Å². The molecule has 4 heteroatoms. The van der Waals surface area contributed by atoms with E-state index in [1.165, 1.54) is 30.9 Å². The number of carboxylic acids is 1. The van der Waals surface area contributed by atoms with Crippen molar-refractivity contribution < 1.29 is 9.90 Å². The predicted octanol–water partition coefficient (Wildman–Crippen LogP) is 3.95. The monoisotopic (exact) mass is 265 g/mol. The molecular formula is C14H16ClNO2. The van der Waals surface area contributed by atoms with Gasteiger partial charge in [0.25, 0.3) is 0 Å². The number of aromatic carboxylic acids is 1. The minimum atomic E-state index is -0.959. The van der Waals surface area contributed by atoms with E-state index in [1.807, 2.05) is 0 Å². The van der Waals surface area contributed by atoms with Gasteiger partial charge < -0.3 is 10.4 Å². The summed E-state index contributed by atoms with van der Waals surface area (Å²) in [5, 5.41) is 12.5. The Kier molecular flexibility index (Phi) is 4.26. The van der Waals surface area contributed by atoms with Crippen molar-refractivity contribution in [1.82, 2.24) is 0 Å². The van der Waals surface area contributed by atoms with Gasteiger partial charge in [-0.2, -0.15) is 0 Å². The molecule has 96 valence electrons. The summed E-state index contributed by atoms with van der Waals surface area (Å²) in [5.41, 5.74) is 2.50. The average Bonchev–Trinajstić information content (AvgIpc) is 2.84. The maximum absolute atomic E-state index is 10.8. The highest BCUT2D eigenvalue weighted by molar-refractivity contribution is 6.33. The van der Waals surface area contributed by atoms with Crippen molar-refractivity contribution in [1.29, 1.82) is 0 Å². The van der Waals surface area contributed by atoms with Gasteiger partial charge in [0.15, 0.2) is 0 Å². The van der Waals surface area contributed by atoms with Gasteiger partial charge in [-0.05, 0) is 43.9 Å². The zero-order valence-corrected chi connectivity index (χ0v) is 10.8. The normalized spacial score (nSPS) is 14.4. The van der Waals surface area contributed by atoms with Gasteiger partial charge in [0.2, 0.25) is 0 Å². The Hall–Kier alpha value is -1.48. The number of hydrogen-bond acceptors (Lipinski definition) is 2. The SMILES string of the molecule is O=C(O)c1ccc(NCCC2=CCCC2)c(Cl)c1. The van der Waals surface area contributed by atoms with Gasteiger partial charge in [-0.1, -0.05) is 23.3 Å². The van der Waals surface area contributed by atoms with Crippen LogP contribution in [0, 0.1) is 0 Å². The lowest BCUT2D eigenvalue weighted by molar-refractivity contribution is 0.0697. The summed E-state index contributed by atoms with van der Waals surface area (Å²) in [6, 6.07) is 4.75. The summed E-state index contributed by atoms with van der Waals surface area (Å²) in [6.45, 7) is 0.831. The molecule has 2 rings (SSSR count). The van der Waals surface area contributed by atoms with E-state index in [2.05, 4.69) is 11.4 Å². The molecule has 2 N–H and O–H groups in total. The lowest BCUT2D eigenvalue weighted by atomic mass is 10.1. The third kappa shape index (κ3) is 3.26. The first-order valence-electron chi connectivity index (χ1n) is 6.11. The number of halogens is 1. The molecule has 0 bridgehead atoms. The van der Waals surface area contributed by atoms with Gasteiger partial charge >= 0.3 is 5.97 Å². The van der Waals surface area contributed by atoms with E-state index in [9.17, 15) is 4.79 Å². The van der Waals surface area contributed by atoms with Gasteiger partial charge in [-0.25, -0.2) is 4.79 Å². The van der Waals surface area contributed by atoms with Crippen LogP contribution >= 0.6 is 11.6 Å². The first kappa shape index (κ1) is 13.0. The van der Waals surface area contributed by atoms with Crippen molar-refractivity contribution in [3.8, 4) is 0 Å². The first-order valence-corrected chi connectivity index (χ1v) is 6.49. The van der Waals surface area contributed by atoms with Crippen LogP contribution < -0.4 is 5.32 Å². The molecule has 1 aliphatic rings. The predicted molar refractivity (Wildman–Crippen MR) is 73.5 cm³/mol. The van der Waals surface area contributed by atoms with E-state index in [-0.39, 0.29) is 5.56 Å². The fraction of sp³-hybridized carbons (Fsp3) is 0.357. The number of carboxylic acid groups (broad SMARTS) is 1. The van der Waals surface area contributed by atoms with Crippen LogP contribution in [0.4, 0.5) is 5.69 Å². The molecule has 1 aromatic carbocycles. The zero-order valence-electron chi connectivity index (χ0n) is 10.1. The fourth-order valence-electron chi connectivity index (χ4n) is 2.11. The summed E-state index contributed by atoms with van der Waals surface area (Å²) < 4.78 is 0. The lowest BCUT2D eigenvalue weighted by Crippen LogP contribution is -2.04. The number of allylic oxidation sites excluding steroid dienone is 1. The van der Waals surface area contributed by atoms with Crippen molar-refractivity contribution in [2.75, 3.05) is 11.9 Å². The summed E-state index contributed by atoms with van der Waals surface area (Å²) in [5.74, 6) is -0.959. The molecule has 0 atom stereocenters. The van der Waals surface area contributed by atoms with Crippen LogP contribution in [-0.2, 0) is 0 Å². The Morgan fingerprint density at radius 1 is 1.44 bits per heavy atom. The lowest BCUT2D eigenvalue weighted by Gasteiger charge is -2.09. The summed E-state index contributed by atoms with van der Waals surface area (Å²) in [6.07, 6.45) is 6.99. The summed E-state index contributed by atoms with van der Waals surface area (Å²) in [4.78, 5) is 10.8. The quantitative estimate of drug-likeness (QED) is 0.793. The van der Waals surface area contributed by atoms with Gasteiger partial charge in [0.1, 0.15) is 0 Å². The minimum Gasteiger partial charge on any atom is -0.478 e. The Labute approximate surface area is 111 Å². The number of rotatable bonds is 5. The Bertz CT molecular complexity index is 483. The van der Waals surface area contributed by atoms with Crippen LogP contribution in [0.15, 0.2) is 29.8 Å². The van der Waals surface area contributed by atoms with E-state index < -0.39 is 5.97 Å². The van der Waals surface area contributed by atoms with Crippen LogP contribution in [0.2, 0.25) is 5.02 Å². The van der Waals surface area contributed by atoms with E-state index >= 15 is 0 Å². The topological polar surface area (TPSA) is 49.3 Å². The standard InChI is InChI=1S/C14H16ClNO2/c15-12-9-11(14(17)18)5-6-13(12)16-8-7-10-3-1-2-4-10/h3,5-6,9,16H,1-2,4,7-8H2,(H,17,18). The smallest absolute Gasteiger partial charge is 0.335 e. The maximum atomic E-state index is 10.8. The second kappa shape index (κ2) is 5.91. The molecule has 0 amide bonds. The Morgan fingerprint density at radius 3 is 2.89 bits per heavy atom. The molecule has 0 aromatic heterocycles. The third-order valence-corrected chi connectivity index (χ3v) is 3.43. The molecule has 0 saturated carbocycles. The highest BCUT2D eigenvalue weighted by Gasteiger charge is 2.07. The summed E-state index contributed by atoms with van der Waals surface area (Å²) in [7, 11) is 0. The molecule has 0 heterocycles. The second-order valence-corrected chi connectivity index (χ2v) is 4.84. The minimum absolute atomic E-state index is 0.212. The molecule has 0 fully saturated rings. The van der Waals surface area contributed by atoms with Crippen molar-refractivity contribution in [2.24, 2.45) is 0 Å². The number of carbonyl (C=O) groups is 1. The van der Waals surface area contributed by atoms with E-state index in [0.29, 0.717) is 5.02 Å². The highest BCUT2D eigenvalue weighted by Crippen LogP contribution is 2.24. The molecule has 0 unspecified atom stereocenters. The first-order chi connectivity index (χ1) is 8.66. The van der Waals surface area contributed by atoms with Gasteiger partial charge in [0.05, 0.1) is 16.3 Å². The van der Waals surface area contributed by atoms with Crippen LogP contribution in [0.1, 0.15) is 36.0 Å². The Morgan fingerprint density at radius 2 is 2.28 bits per heavy atom. The van der Waals surface area contributed by atoms with Gasteiger partial charge in [-0.3, -0.25) is 0 Å². The van der Waals surface area contributed by atoms with E-state index in [0.717, 1.165) is 18.7 Å². The highest BCUT2D eigenvalue weighted by atomic mass is 35.5. The molecule has 18 heavy (non-hydrogen) atoms. The number of hydrogen-bond donors (Lipinski definition) is 2. The van der Waals surface area contributed by atoms with Crippen LogP contribution in [0.5, 0.6) is 0 Å². The summed E-state index contributed by atoms with van der Waals surface area (Å²) >= 11 is 6.03. The molecule has 3 nitrogen and oxygen atoms in total. The largest absolute Gasteiger partial charge is 0.478 e. The van der Waals surface area contributed by atoms with Crippen molar-refractivity contribution in [3.63, 3.8) is 0 Å². The van der Waals surface area contributed by atoms with Crippen LogP contribution in [0.3, 0.4) is 0 Å². The molecule has 0 radical (unpaired) electrons. The Balaban J connectivity index is 1.91. The number of anilines is 1. The molecule has 0 saturated heterocycles. The molecule has 1 aliphatic carbocycles. The van der Waals surface area contributed by atoms with E-state index in [1.54, 1.807) is 12.1 Å². The number of nitrogens with one attached hydrogen (secondary N) is 1. The molecule has 0 spiro atoms. The zero-order chi connectivity index (χ0) is 13.0. The van der Waals surface area contributed by atoms with Crippen molar-refractivity contribution in [3.05, 3.63) is 40.4 Å². The van der Waals surface area contributed by atoms with Crippen molar-refractivity contribution in [2.45, 2.75) is 25.7 Å². The second-order valence-electron chi connectivity index (χ2n) is 4.43.